The fraction of sp³-hybridized carbons (Fsp3) is 0.333. The molecule has 2 aromatic rings. The largest absolute Gasteiger partial charge is 0.337 e. The maximum atomic E-state index is 13.0. The summed E-state index contributed by atoms with van der Waals surface area (Å²) in [6, 6.07) is 7.63. The van der Waals surface area contributed by atoms with Crippen molar-refractivity contribution in [1.82, 2.24) is 19.2 Å². The molecule has 0 aliphatic carbocycles. The van der Waals surface area contributed by atoms with Crippen LogP contribution in [0.4, 0.5) is 0 Å². The molecule has 7 nitrogen and oxygen atoms in total. The molecule has 3 rings (SSSR count). The Kier molecular flexibility index (Phi) is 5.62. The van der Waals surface area contributed by atoms with Crippen molar-refractivity contribution in [3.05, 3.63) is 48.0 Å². The average molecular weight is 368 g/mol. The van der Waals surface area contributed by atoms with Gasteiger partial charge >= 0.3 is 0 Å². The van der Waals surface area contributed by atoms with Gasteiger partial charge in [-0.1, -0.05) is 0 Å². The third-order valence-corrected chi connectivity index (χ3v) is 5.86. The number of nitrogens with one attached hydrogen (secondary N) is 1. The van der Waals surface area contributed by atoms with Crippen molar-refractivity contribution < 1.29 is 8.42 Å². The van der Waals surface area contributed by atoms with Crippen molar-refractivity contribution in [1.29, 1.82) is 5.26 Å². The summed E-state index contributed by atoms with van der Waals surface area (Å²) in [5, 5.41) is 12.1. The molecule has 0 amide bonds. The van der Waals surface area contributed by atoms with Crippen LogP contribution in [0.25, 0.3) is 0 Å². The van der Waals surface area contributed by atoms with E-state index in [-0.39, 0.29) is 23.3 Å². The van der Waals surface area contributed by atoms with Crippen LogP contribution in [-0.2, 0) is 17.1 Å². The molecule has 1 aromatic carbocycles. The van der Waals surface area contributed by atoms with Gasteiger partial charge in [-0.2, -0.15) is 9.57 Å². The molecule has 1 aliphatic heterocycles. The molecule has 1 fully saturated rings. The Balaban J connectivity index is 0.00000208. The van der Waals surface area contributed by atoms with E-state index < -0.39 is 10.0 Å². The molecule has 0 bridgehead atoms. The molecule has 1 unspecified atom stereocenters. The predicted octanol–water partition coefficient (Wildman–Crippen LogP) is 1.05. The summed E-state index contributed by atoms with van der Waals surface area (Å²) in [5.74, 6) is 0.703. The lowest BCUT2D eigenvalue weighted by Gasteiger charge is -2.34. The highest BCUT2D eigenvalue weighted by Crippen LogP contribution is 2.27. The van der Waals surface area contributed by atoms with E-state index >= 15 is 0 Å². The smallest absolute Gasteiger partial charge is 0.243 e. The Hall–Kier alpha value is -1.92. The van der Waals surface area contributed by atoms with Crippen LogP contribution in [0.2, 0.25) is 0 Å². The Morgan fingerprint density at radius 1 is 1.33 bits per heavy atom. The van der Waals surface area contributed by atoms with Gasteiger partial charge in [0, 0.05) is 39.1 Å². The topological polar surface area (TPSA) is 91.0 Å². The molecule has 1 aliphatic rings. The molecule has 128 valence electrons. The van der Waals surface area contributed by atoms with Gasteiger partial charge in [0.2, 0.25) is 10.0 Å². The Morgan fingerprint density at radius 2 is 2.04 bits per heavy atom. The van der Waals surface area contributed by atoms with Crippen molar-refractivity contribution in [3.8, 4) is 6.07 Å². The van der Waals surface area contributed by atoms with Crippen molar-refractivity contribution in [2.45, 2.75) is 10.9 Å². The van der Waals surface area contributed by atoms with Gasteiger partial charge in [0.1, 0.15) is 5.82 Å². The molecule has 1 aromatic heterocycles. The molecule has 0 spiro atoms. The number of aryl methyl sites for hydroxylation is 1. The summed E-state index contributed by atoms with van der Waals surface area (Å²) in [4.78, 5) is 4.49. The van der Waals surface area contributed by atoms with Crippen LogP contribution >= 0.6 is 12.4 Å². The first-order valence-corrected chi connectivity index (χ1v) is 8.68. The van der Waals surface area contributed by atoms with Crippen molar-refractivity contribution in [3.63, 3.8) is 0 Å². The van der Waals surface area contributed by atoms with Crippen LogP contribution in [0.1, 0.15) is 17.4 Å². The number of hydrogen-bond acceptors (Lipinski definition) is 5. The van der Waals surface area contributed by atoms with Gasteiger partial charge in [-0.3, -0.25) is 0 Å². The molecule has 0 saturated carbocycles. The minimum Gasteiger partial charge on any atom is -0.337 e. The van der Waals surface area contributed by atoms with E-state index in [1.54, 1.807) is 12.4 Å². The molecule has 24 heavy (non-hydrogen) atoms. The monoisotopic (exact) mass is 367 g/mol. The zero-order chi connectivity index (χ0) is 16.4. The predicted molar refractivity (Wildman–Crippen MR) is 91.1 cm³/mol. The van der Waals surface area contributed by atoms with Crippen LogP contribution in [0.15, 0.2) is 41.6 Å². The van der Waals surface area contributed by atoms with Gasteiger partial charge in [0.15, 0.2) is 0 Å². The molecule has 1 atom stereocenters. The summed E-state index contributed by atoms with van der Waals surface area (Å²) in [7, 11) is -1.80. The van der Waals surface area contributed by atoms with Gasteiger partial charge in [-0.25, -0.2) is 13.4 Å². The summed E-state index contributed by atoms with van der Waals surface area (Å²) < 4.78 is 29.3. The third kappa shape index (κ3) is 3.30. The molecule has 2 heterocycles. The van der Waals surface area contributed by atoms with Gasteiger partial charge in [0.05, 0.1) is 22.6 Å². The maximum Gasteiger partial charge on any atom is 0.243 e. The number of nitrogens with zero attached hydrogens (tertiary/aromatic N) is 4. The average Bonchev–Trinajstić information content (AvgIpc) is 3.01. The summed E-state index contributed by atoms with van der Waals surface area (Å²) in [6.07, 6.45) is 3.47. The minimum atomic E-state index is -3.65. The first-order chi connectivity index (χ1) is 11.0. The Morgan fingerprint density at radius 3 is 2.62 bits per heavy atom. The lowest BCUT2D eigenvalue weighted by molar-refractivity contribution is 0.258. The Bertz CT molecular complexity index is 841. The summed E-state index contributed by atoms with van der Waals surface area (Å²) in [5.41, 5.74) is 0.435. The SMILES string of the molecule is Cl.Cn1ccnc1C1CNCCN1S(=O)(=O)c1ccc(C#N)cc1. The lowest BCUT2D eigenvalue weighted by atomic mass is 10.2. The van der Waals surface area contributed by atoms with Gasteiger partial charge in [-0.15, -0.1) is 12.4 Å². The van der Waals surface area contributed by atoms with E-state index in [4.69, 9.17) is 5.26 Å². The van der Waals surface area contributed by atoms with Crippen LogP contribution in [0.3, 0.4) is 0 Å². The van der Waals surface area contributed by atoms with E-state index in [0.717, 1.165) is 0 Å². The van der Waals surface area contributed by atoms with Crippen LogP contribution < -0.4 is 5.32 Å². The fourth-order valence-corrected chi connectivity index (χ4v) is 4.31. The summed E-state index contributed by atoms with van der Waals surface area (Å²) in [6.45, 7) is 1.48. The van der Waals surface area contributed by atoms with E-state index in [1.165, 1.54) is 28.6 Å². The molecule has 1 saturated heterocycles. The normalized spacial score (nSPS) is 18.6. The number of rotatable bonds is 3. The second-order valence-electron chi connectivity index (χ2n) is 5.37. The Labute approximate surface area is 147 Å². The number of aromatic nitrogens is 2. The maximum absolute atomic E-state index is 13.0. The highest BCUT2D eigenvalue weighted by molar-refractivity contribution is 7.89. The number of nitriles is 1. The third-order valence-electron chi connectivity index (χ3n) is 3.94. The van der Waals surface area contributed by atoms with Crippen LogP contribution in [0, 0.1) is 11.3 Å². The molecular formula is C15H18ClN5O2S. The highest BCUT2D eigenvalue weighted by atomic mass is 35.5. The second kappa shape index (κ2) is 7.32. The van der Waals surface area contributed by atoms with Crippen LogP contribution in [-0.4, -0.2) is 41.9 Å². The fourth-order valence-electron chi connectivity index (χ4n) is 2.73. The van der Waals surface area contributed by atoms with Crippen molar-refractivity contribution >= 4 is 22.4 Å². The second-order valence-corrected chi connectivity index (χ2v) is 7.26. The highest BCUT2D eigenvalue weighted by Gasteiger charge is 2.36. The number of halogens is 1. The van der Waals surface area contributed by atoms with E-state index in [1.807, 2.05) is 17.7 Å². The van der Waals surface area contributed by atoms with E-state index in [9.17, 15) is 8.42 Å². The molecule has 1 N–H and O–H groups in total. The number of hydrogen-bond donors (Lipinski definition) is 1. The van der Waals surface area contributed by atoms with Crippen LogP contribution in [0.5, 0.6) is 0 Å². The zero-order valence-corrected chi connectivity index (χ0v) is 14.7. The first kappa shape index (κ1) is 18.4. The molecular weight excluding hydrogens is 350 g/mol. The zero-order valence-electron chi connectivity index (χ0n) is 13.1. The quantitative estimate of drug-likeness (QED) is 0.875. The van der Waals surface area contributed by atoms with E-state index in [0.29, 0.717) is 31.0 Å². The van der Waals surface area contributed by atoms with Gasteiger partial charge in [-0.05, 0) is 24.3 Å². The number of imidazole rings is 1. The first-order valence-electron chi connectivity index (χ1n) is 7.24. The standard InChI is InChI=1S/C15H17N5O2S.ClH/c1-19-8-7-18-15(19)14-11-17-6-9-20(14)23(21,22)13-4-2-12(10-16)3-5-13;/h2-5,7-8,14,17H,6,9,11H2,1H3;1H. The van der Waals surface area contributed by atoms with Crippen molar-refractivity contribution in [2.75, 3.05) is 19.6 Å². The van der Waals surface area contributed by atoms with Gasteiger partial charge in [0.25, 0.3) is 0 Å². The van der Waals surface area contributed by atoms with Gasteiger partial charge < -0.3 is 9.88 Å². The molecule has 0 radical (unpaired) electrons. The number of benzene rings is 1. The minimum absolute atomic E-state index is 0. The number of piperazine rings is 1. The number of sulfonamides is 1. The lowest BCUT2D eigenvalue weighted by Crippen LogP contribution is -2.49. The molecule has 9 heteroatoms. The van der Waals surface area contributed by atoms with Crippen molar-refractivity contribution in [2.24, 2.45) is 7.05 Å². The summed E-state index contributed by atoms with van der Waals surface area (Å²) >= 11 is 0. The van der Waals surface area contributed by atoms with E-state index in [2.05, 4.69) is 10.3 Å².